The molecule has 0 aliphatic carbocycles. The van der Waals surface area contributed by atoms with E-state index in [1.807, 2.05) is 29.9 Å². The topological polar surface area (TPSA) is 9.23 Å². The molecule has 2 heteroatoms. The number of hydrogen-bond donors (Lipinski definition) is 0. The van der Waals surface area contributed by atoms with Crippen LogP contribution in [0.3, 0.4) is 0 Å². The smallest absolute Gasteiger partial charge is 0.110 e. The van der Waals surface area contributed by atoms with E-state index in [9.17, 15) is 0 Å². The maximum Gasteiger partial charge on any atom is 0.110 e. The predicted octanol–water partition coefficient (Wildman–Crippen LogP) is 1.93. The first-order chi connectivity index (χ1) is 2.77. The van der Waals surface area contributed by atoms with Gasteiger partial charge in [0.1, 0.15) is 23.0 Å². The summed E-state index contributed by atoms with van der Waals surface area (Å²) in [6.07, 6.45) is 0. The molecule has 0 unspecified atom stereocenters. The highest BCUT2D eigenvalue weighted by Crippen LogP contribution is 1.91. The van der Waals surface area contributed by atoms with E-state index >= 15 is 0 Å². The van der Waals surface area contributed by atoms with Gasteiger partial charge in [-0.3, -0.25) is 0 Å². The van der Waals surface area contributed by atoms with Crippen molar-refractivity contribution < 1.29 is 3.07 Å². The standard InChI is InChI=1S/C4H7IO/c1-4(2)3-6-5/h1,3H2,2H3. The van der Waals surface area contributed by atoms with Gasteiger partial charge < -0.3 is 3.07 Å². The van der Waals surface area contributed by atoms with Gasteiger partial charge in [0.2, 0.25) is 0 Å². The van der Waals surface area contributed by atoms with Crippen molar-refractivity contribution in [1.29, 1.82) is 0 Å². The summed E-state index contributed by atoms with van der Waals surface area (Å²) in [7, 11) is 0. The van der Waals surface area contributed by atoms with Crippen LogP contribution in [0.4, 0.5) is 0 Å². The molecule has 0 fully saturated rings. The molecule has 0 aromatic rings. The minimum Gasteiger partial charge on any atom is -0.311 e. The SMILES string of the molecule is C=C(C)COI. The summed E-state index contributed by atoms with van der Waals surface area (Å²) >= 11 is 1.84. The van der Waals surface area contributed by atoms with E-state index in [2.05, 4.69) is 9.65 Å². The van der Waals surface area contributed by atoms with Crippen LogP contribution in [0.2, 0.25) is 0 Å². The lowest BCUT2D eigenvalue weighted by Crippen LogP contribution is -1.79. The second-order valence-corrected chi connectivity index (χ2v) is 1.83. The molecule has 0 saturated carbocycles. The third-order valence-electron chi connectivity index (χ3n) is 0.301. The summed E-state index contributed by atoms with van der Waals surface area (Å²) in [5.41, 5.74) is 1.06. The first-order valence-corrected chi connectivity index (χ1v) is 2.53. The Morgan fingerprint density at radius 3 is 2.50 bits per heavy atom. The summed E-state index contributed by atoms with van der Waals surface area (Å²) in [4.78, 5) is 0. The minimum absolute atomic E-state index is 0.667. The van der Waals surface area contributed by atoms with Crippen molar-refractivity contribution >= 4 is 23.0 Å². The molecule has 0 aliphatic rings. The van der Waals surface area contributed by atoms with Crippen LogP contribution in [-0.2, 0) is 3.07 Å². The molecule has 1 nitrogen and oxygen atoms in total. The molecule has 0 N–H and O–H groups in total. The van der Waals surface area contributed by atoms with Crippen LogP contribution in [-0.4, -0.2) is 6.61 Å². The highest BCUT2D eigenvalue weighted by Gasteiger charge is 1.77. The van der Waals surface area contributed by atoms with Gasteiger partial charge in [-0.1, -0.05) is 12.2 Å². The Bertz CT molecular complexity index is 51.5. The molecule has 0 aromatic carbocycles. The maximum absolute atomic E-state index is 4.67. The van der Waals surface area contributed by atoms with Gasteiger partial charge in [0.05, 0.1) is 6.61 Å². The van der Waals surface area contributed by atoms with E-state index in [1.54, 1.807) is 0 Å². The van der Waals surface area contributed by atoms with E-state index in [1.165, 1.54) is 0 Å². The largest absolute Gasteiger partial charge is 0.311 e. The Kier molecular flexibility index (Phi) is 3.87. The molecule has 0 radical (unpaired) electrons. The highest BCUT2D eigenvalue weighted by molar-refractivity contribution is 14.1. The van der Waals surface area contributed by atoms with Gasteiger partial charge in [-0.05, 0) is 6.92 Å². The van der Waals surface area contributed by atoms with E-state index in [-0.39, 0.29) is 0 Å². The van der Waals surface area contributed by atoms with Gasteiger partial charge in [0.25, 0.3) is 0 Å². The van der Waals surface area contributed by atoms with Gasteiger partial charge in [-0.25, -0.2) is 0 Å². The summed E-state index contributed by atoms with van der Waals surface area (Å²) in [5.74, 6) is 0. The third-order valence-corrected chi connectivity index (χ3v) is 0.612. The lowest BCUT2D eigenvalue weighted by molar-refractivity contribution is 0.474. The number of rotatable bonds is 2. The Morgan fingerprint density at radius 1 is 2.00 bits per heavy atom. The zero-order valence-corrected chi connectivity index (χ0v) is 5.86. The van der Waals surface area contributed by atoms with Crippen molar-refractivity contribution in [1.82, 2.24) is 0 Å². The highest BCUT2D eigenvalue weighted by atomic mass is 127. The second kappa shape index (κ2) is 3.61. The number of hydrogen-bond acceptors (Lipinski definition) is 1. The molecule has 6 heavy (non-hydrogen) atoms. The summed E-state index contributed by atoms with van der Waals surface area (Å²) in [6.45, 7) is 6.21. The van der Waals surface area contributed by atoms with Crippen molar-refractivity contribution in [2.24, 2.45) is 0 Å². The predicted molar refractivity (Wildman–Crippen MR) is 34.8 cm³/mol. The molecule has 0 saturated heterocycles. The van der Waals surface area contributed by atoms with Crippen molar-refractivity contribution in [3.05, 3.63) is 12.2 Å². The average molecular weight is 198 g/mol. The van der Waals surface area contributed by atoms with Crippen molar-refractivity contribution in [2.75, 3.05) is 6.61 Å². The summed E-state index contributed by atoms with van der Waals surface area (Å²) in [6, 6.07) is 0. The van der Waals surface area contributed by atoms with Crippen LogP contribution < -0.4 is 0 Å². The lowest BCUT2D eigenvalue weighted by Gasteiger charge is -1.87. The number of halogens is 1. The molecule has 0 bridgehead atoms. The Labute approximate surface area is 52.1 Å². The normalized spacial score (nSPS) is 8.33. The zero-order valence-electron chi connectivity index (χ0n) is 3.70. The van der Waals surface area contributed by atoms with E-state index < -0.39 is 0 Å². The quantitative estimate of drug-likeness (QED) is 0.486. The Balaban J connectivity index is 2.83. The molecule has 0 atom stereocenters. The lowest BCUT2D eigenvalue weighted by atomic mass is 10.4. The second-order valence-electron chi connectivity index (χ2n) is 1.21. The molecule has 0 aliphatic heterocycles. The fourth-order valence-electron chi connectivity index (χ4n) is 0.0931. The van der Waals surface area contributed by atoms with E-state index in [0.29, 0.717) is 6.61 Å². The summed E-state index contributed by atoms with van der Waals surface area (Å²) in [5, 5.41) is 0. The van der Waals surface area contributed by atoms with E-state index in [0.717, 1.165) is 5.57 Å². The van der Waals surface area contributed by atoms with Gasteiger partial charge in [0, 0.05) is 0 Å². The minimum atomic E-state index is 0.667. The Hall–Kier alpha value is 0.430. The van der Waals surface area contributed by atoms with Crippen LogP contribution in [0.5, 0.6) is 0 Å². The van der Waals surface area contributed by atoms with Crippen LogP contribution >= 0.6 is 23.0 Å². The van der Waals surface area contributed by atoms with Crippen molar-refractivity contribution in [2.45, 2.75) is 6.92 Å². The monoisotopic (exact) mass is 198 g/mol. The van der Waals surface area contributed by atoms with Gasteiger partial charge >= 0.3 is 0 Å². The first kappa shape index (κ1) is 6.43. The van der Waals surface area contributed by atoms with Gasteiger partial charge in [-0.2, -0.15) is 0 Å². The molecule has 0 aromatic heterocycles. The zero-order chi connectivity index (χ0) is 4.99. The Morgan fingerprint density at radius 2 is 2.50 bits per heavy atom. The van der Waals surface area contributed by atoms with Crippen molar-refractivity contribution in [3.63, 3.8) is 0 Å². The molecule has 0 amide bonds. The molecule has 36 valence electrons. The maximum atomic E-state index is 4.67. The fraction of sp³-hybridized carbons (Fsp3) is 0.500. The molecule has 0 spiro atoms. The summed E-state index contributed by atoms with van der Waals surface area (Å²) < 4.78 is 4.67. The van der Waals surface area contributed by atoms with Crippen LogP contribution in [0.1, 0.15) is 6.92 Å². The van der Waals surface area contributed by atoms with Gasteiger partial charge in [-0.15, -0.1) is 0 Å². The van der Waals surface area contributed by atoms with Gasteiger partial charge in [0.15, 0.2) is 0 Å². The van der Waals surface area contributed by atoms with Crippen LogP contribution in [0.15, 0.2) is 12.2 Å². The fourth-order valence-corrected chi connectivity index (χ4v) is 0.625. The van der Waals surface area contributed by atoms with E-state index in [4.69, 9.17) is 0 Å². The molecule has 0 heterocycles. The third kappa shape index (κ3) is 4.43. The average Bonchev–Trinajstić information content (AvgIpc) is 1.35. The van der Waals surface area contributed by atoms with Crippen molar-refractivity contribution in [3.8, 4) is 0 Å². The molecular weight excluding hydrogens is 191 g/mol. The first-order valence-electron chi connectivity index (χ1n) is 1.65. The molecule has 0 rings (SSSR count). The van der Waals surface area contributed by atoms with Crippen LogP contribution in [0.25, 0.3) is 0 Å². The molecular formula is C4H7IO. The van der Waals surface area contributed by atoms with Crippen LogP contribution in [0, 0.1) is 0 Å².